The van der Waals surface area contributed by atoms with E-state index in [1.807, 2.05) is 40.7 Å². The highest BCUT2D eigenvalue weighted by molar-refractivity contribution is 5.73. The van der Waals surface area contributed by atoms with Crippen molar-refractivity contribution in [2.75, 3.05) is 13.1 Å². The number of hydrogen-bond donors (Lipinski definition) is 0. The summed E-state index contributed by atoms with van der Waals surface area (Å²) < 4.78 is 5.55. The van der Waals surface area contributed by atoms with Gasteiger partial charge in [-0.25, -0.2) is 0 Å². The number of esters is 1. The molecule has 0 aromatic heterocycles. The molecule has 1 aliphatic rings. The normalized spacial score (nSPS) is 23.2. The van der Waals surface area contributed by atoms with Crippen molar-refractivity contribution in [3.05, 3.63) is 35.6 Å². The van der Waals surface area contributed by atoms with Crippen molar-refractivity contribution in [2.24, 2.45) is 11.8 Å². The van der Waals surface area contributed by atoms with Gasteiger partial charge in [0.25, 0.3) is 0 Å². The molecule has 132 valence electrons. The Morgan fingerprint density at radius 1 is 1.38 bits per heavy atom. The number of carbonyl (C=O) groups excluding carboxylic acids is 1. The molecule has 1 saturated heterocycles. The van der Waals surface area contributed by atoms with Gasteiger partial charge < -0.3 is 9.64 Å². The van der Waals surface area contributed by atoms with E-state index < -0.39 is 5.60 Å². The number of rotatable bonds is 4. The van der Waals surface area contributed by atoms with Crippen molar-refractivity contribution in [3.8, 4) is 6.07 Å². The van der Waals surface area contributed by atoms with Gasteiger partial charge in [0.05, 0.1) is 17.7 Å². The average Bonchev–Trinajstić information content (AvgIpc) is 2.45. The first-order chi connectivity index (χ1) is 11.1. The summed E-state index contributed by atoms with van der Waals surface area (Å²) in [6, 6.07) is 2.25. The van der Waals surface area contributed by atoms with Gasteiger partial charge in [-0.05, 0) is 52.5 Å². The lowest BCUT2D eigenvalue weighted by atomic mass is 9.86. The molecule has 1 rings (SSSR count). The molecular weight excluding hydrogens is 300 g/mol. The van der Waals surface area contributed by atoms with Crippen molar-refractivity contribution >= 4 is 5.97 Å². The number of likely N-dealkylation sites (tertiary alicyclic amines) is 1. The van der Waals surface area contributed by atoms with Crippen LogP contribution < -0.4 is 0 Å². The smallest absolute Gasteiger partial charge is 0.309 e. The summed E-state index contributed by atoms with van der Waals surface area (Å²) in [5.74, 6) is -0.0324. The standard InChI is InChI=1S/C20H30N2O2/c1-8-9-14(2)18(15(3)12-21)22-11-10-17(16(4)13-22)19(23)24-20(5,6)7/h8-9,16-17H,1,10-11,13H2,2-7H3/b14-9+,18-15-. The summed E-state index contributed by atoms with van der Waals surface area (Å²) in [4.78, 5) is 14.6. The fourth-order valence-electron chi connectivity index (χ4n) is 3.17. The van der Waals surface area contributed by atoms with Gasteiger partial charge in [0.15, 0.2) is 0 Å². The highest BCUT2D eigenvalue weighted by atomic mass is 16.6. The maximum atomic E-state index is 12.4. The molecule has 0 aromatic rings. The predicted octanol–water partition coefficient (Wildman–Crippen LogP) is 4.22. The molecule has 1 heterocycles. The number of ether oxygens (including phenoxy) is 1. The number of carbonyl (C=O) groups is 1. The third kappa shape index (κ3) is 5.26. The molecule has 0 N–H and O–H groups in total. The van der Waals surface area contributed by atoms with E-state index in [1.165, 1.54) is 0 Å². The molecule has 0 radical (unpaired) electrons. The third-order valence-corrected chi connectivity index (χ3v) is 4.20. The van der Waals surface area contributed by atoms with Crippen molar-refractivity contribution < 1.29 is 9.53 Å². The Hall–Kier alpha value is -2.02. The van der Waals surface area contributed by atoms with E-state index in [0.717, 1.165) is 30.8 Å². The molecule has 0 saturated carbocycles. The minimum atomic E-state index is -0.459. The van der Waals surface area contributed by atoms with Gasteiger partial charge in [0.1, 0.15) is 5.60 Å². The lowest BCUT2D eigenvalue weighted by Gasteiger charge is -2.39. The SMILES string of the molecule is C=C/C=C(C)/C(=C(\C)C#N)N1CCC(C(=O)OC(C)(C)C)C(C)C1. The topological polar surface area (TPSA) is 53.3 Å². The number of allylic oxidation sites excluding steroid dienone is 4. The lowest BCUT2D eigenvalue weighted by Crippen LogP contribution is -2.43. The average molecular weight is 330 g/mol. The van der Waals surface area contributed by atoms with E-state index in [9.17, 15) is 10.1 Å². The van der Waals surface area contributed by atoms with Crippen LogP contribution in [-0.2, 0) is 9.53 Å². The first kappa shape index (κ1) is 20.0. The number of nitrogens with zero attached hydrogens (tertiary/aromatic N) is 2. The Labute approximate surface area is 146 Å². The van der Waals surface area contributed by atoms with Crippen molar-refractivity contribution in [2.45, 2.75) is 53.6 Å². The van der Waals surface area contributed by atoms with E-state index in [4.69, 9.17) is 4.74 Å². The van der Waals surface area contributed by atoms with Crippen LogP contribution in [0.15, 0.2) is 35.6 Å². The third-order valence-electron chi connectivity index (χ3n) is 4.20. The molecule has 2 unspecified atom stereocenters. The Morgan fingerprint density at radius 2 is 2.00 bits per heavy atom. The molecule has 4 nitrogen and oxygen atoms in total. The number of hydrogen-bond acceptors (Lipinski definition) is 4. The van der Waals surface area contributed by atoms with Crippen LogP contribution in [0, 0.1) is 23.2 Å². The predicted molar refractivity (Wildman–Crippen MR) is 97.0 cm³/mol. The van der Waals surface area contributed by atoms with Crippen LogP contribution in [0.25, 0.3) is 0 Å². The van der Waals surface area contributed by atoms with E-state index >= 15 is 0 Å². The summed E-state index contributed by atoms with van der Waals surface area (Å²) in [5, 5.41) is 9.32. The fourth-order valence-corrected chi connectivity index (χ4v) is 3.17. The molecule has 0 aromatic carbocycles. The molecule has 0 spiro atoms. The molecule has 1 aliphatic heterocycles. The summed E-state index contributed by atoms with van der Waals surface area (Å²) in [7, 11) is 0. The quantitative estimate of drug-likeness (QED) is 0.440. The van der Waals surface area contributed by atoms with Crippen LogP contribution in [0.2, 0.25) is 0 Å². The van der Waals surface area contributed by atoms with Gasteiger partial charge in [-0.1, -0.05) is 25.7 Å². The Morgan fingerprint density at radius 3 is 2.46 bits per heavy atom. The minimum absolute atomic E-state index is 0.0900. The highest BCUT2D eigenvalue weighted by Crippen LogP contribution is 2.31. The number of nitriles is 1. The second-order valence-electron chi connectivity index (χ2n) is 7.52. The Balaban J connectivity index is 2.95. The van der Waals surface area contributed by atoms with Crippen LogP contribution in [0.4, 0.5) is 0 Å². The van der Waals surface area contributed by atoms with E-state index in [0.29, 0.717) is 5.57 Å². The van der Waals surface area contributed by atoms with Gasteiger partial charge in [0, 0.05) is 18.7 Å². The molecule has 2 atom stereocenters. The minimum Gasteiger partial charge on any atom is -0.460 e. The maximum absolute atomic E-state index is 12.4. The molecular formula is C20H30N2O2. The maximum Gasteiger partial charge on any atom is 0.309 e. The van der Waals surface area contributed by atoms with Crippen molar-refractivity contribution in [3.63, 3.8) is 0 Å². The first-order valence-electron chi connectivity index (χ1n) is 8.49. The largest absolute Gasteiger partial charge is 0.460 e. The number of piperidine rings is 1. The zero-order valence-corrected chi connectivity index (χ0v) is 15.8. The fraction of sp³-hybridized carbons (Fsp3) is 0.600. The van der Waals surface area contributed by atoms with Gasteiger partial charge >= 0.3 is 5.97 Å². The summed E-state index contributed by atoms with van der Waals surface area (Å²) >= 11 is 0. The van der Waals surface area contributed by atoms with Crippen LogP contribution in [0.1, 0.15) is 48.0 Å². The Kier molecular flexibility index (Phi) is 6.83. The van der Waals surface area contributed by atoms with E-state index in [2.05, 4.69) is 24.5 Å². The van der Waals surface area contributed by atoms with Gasteiger partial charge in [-0.3, -0.25) is 4.79 Å². The molecule has 0 aliphatic carbocycles. The molecule has 24 heavy (non-hydrogen) atoms. The zero-order chi connectivity index (χ0) is 18.5. The van der Waals surface area contributed by atoms with E-state index in [1.54, 1.807) is 6.08 Å². The monoisotopic (exact) mass is 330 g/mol. The van der Waals surface area contributed by atoms with Gasteiger partial charge in [0.2, 0.25) is 0 Å². The van der Waals surface area contributed by atoms with E-state index in [-0.39, 0.29) is 17.8 Å². The lowest BCUT2D eigenvalue weighted by molar-refractivity contribution is -0.163. The first-order valence-corrected chi connectivity index (χ1v) is 8.49. The summed E-state index contributed by atoms with van der Waals surface area (Å²) in [6.45, 7) is 16.8. The molecule has 1 fully saturated rings. The van der Waals surface area contributed by atoms with Crippen LogP contribution in [0.5, 0.6) is 0 Å². The second kappa shape index (κ2) is 8.19. The second-order valence-corrected chi connectivity index (χ2v) is 7.52. The highest BCUT2D eigenvalue weighted by Gasteiger charge is 2.35. The van der Waals surface area contributed by atoms with Crippen molar-refractivity contribution in [1.82, 2.24) is 4.90 Å². The molecule has 4 heteroatoms. The molecule has 0 bridgehead atoms. The van der Waals surface area contributed by atoms with Crippen LogP contribution in [0.3, 0.4) is 0 Å². The summed E-state index contributed by atoms with van der Waals surface area (Å²) in [5.41, 5.74) is 2.20. The zero-order valence-electron chi connectivity index (χ0n) is 15.8. The Bertz CT molecular complexity index is 588. The van der Waals surface area contributed by atoms with Gasteiger partial charge in [-0.2, -0.15) is 5.26 Å². The van der Waals surface area contributed by atoms with Crippen LogP contribution >= 0.6 is 0 Å². The van der Waals surface area contributed by atoms with Gasteiger partial charge in [-0.15, -0.1) is 0 Å². The molecule has 0 amide bonds. The van der Waals surface area contributed by atoms with Crippen LogP contribution in [-0.4, -0.2) is 29.6 Å². The summed E-state index contributed by atoms with van der Waals surface area (Å²) in [6.07, 6.45) is 4.39. The van der Waals surface area contributed by atoms with Crippen molar-refractivity contribution in [1.29, 1.82) is 5.26 Å².